The zero-order valence-electron chi connectivity index (χ0n) is 15.1. The van der Waals surface area contributed by atoms with Gasteiger partial charge >= 0.3 is 0 Å². The van der Waals surface area contributed by atoms with Crippen LogP contribution in [-0.2, 0) is 4.79 Å². The van der Waals surface area contributed by atoms with Gasteiger partial charge in [0.1, 0.15) is 16.9 Å². The number of amides is 1. The Labute approximate surface area is 167 Å². The van der Waals surface area contributed by atoms with Crippen LogP contribution in [0.4, 0.5) is 5.69 Å². The maximum Gasteiger partial charge on any atom is 0.276 e. The zero-order chi connectivity index (χ0) is 19.3. The number of likely N-dealkylation sites (N-methyl/N-ethyl adjacent to an activating group) is 1. The van der Waals surface area contributed by atoms with Crippen molar-refractivity contribution in [3.63, 3.8) is 0 Å². The minimum Gasteiger partial charge on any atom is -0.456 e. The van der Waals surface area contributed by atoms with E-state index in [1.807, 2.05) is 83.8 Å². The number of para-hydroxylation sites is 2. The summed E-state index contributed by atoms with van der Waals surface area (Å²) in [5.74, 6) is -0.119. The first-order chi connectivity index (χ1) is 13.6. The Morgan fingerprint density at radius 1 is 0.893 bits per heavy atom. The molecule has 4 aromatic rings. The average Bonchev–Trinajstić information content (AvgIpc) is 3.19. The highest BCUT2D eigenvalue weighted by Crippen LogP contribution is 2.32. The molecule has 4 nitrogen and oxygen atoms in total. The van der Waals surface area contributed by atoms with Crippen LogP contribution in [0, 0.1) is 0 Å². The molecule has 1 fully saturated rings. The number of thiocarbonyl (C=S) groups is 1. The second-order valence-electron chi connectivity index (χ2n) is 6.70. The second-order valence-corrected chi connectivity index (χ2v) is 7.07. The standard InChI is InChI=1S/C23H16N2O2S/c1-24-22(26)19(25(23(24)28)16-7-3-2-4-8-16)14-15-11-12-21-18(13-15)17-9-5-6-10-20(17)27-21/h2-14H,1H3/b19-14+. The topological polar surface area (TPSA) is 36.7 Å². The summed E-state index contributed by atoms with van der Waals surface area (Å²) in [6.45, 7) is 0. The molecule has 1 aliphatic rings. The first kappa shape index (κ1) is 16.7. The van der Waals surface area contributed by atoms with Crippen molar-refractivity contribution in [3.05, 3.63) is 84.1 Å². The van der Waals surface area contributed by atoms with Gasteiger partial charge in [0.25, 0.3) is 5.91 Å². The molecule has 0 N–H and O–H groups in total. The number of nitrogens with zero attached hydrogens (tertiary/aromatic N) is 2. The summed E-state index contributed by atoms with van der Waals surface area (Å²) in [6, 6.07) is 23.6. The third-order valence-electron chi connectivity index (χ3n) is 4.96. The van der Waals surface area contributed by atoms with E-state index in [2.05, 4.69) is 0 Å². The molecular weight excluding hydrogens is 368 g/mol. The van der Waals surface area contributed by atoms with Gasteiger partial charge in [0, 0.05) is 23.5 Å². The molecule has 5 heteroatoms. The number of hydrogen-bond donors (Lipinski definition) is 0. The maximum absolute atomic E-state index is 12.8. The van der Waals surface area contributed by atoms with Gasteiger partial charge in [-0.1, -0.05) is 42.5 Å². The summed E-state index contributed by atoms with van der Waals surface area (Å²) in [5.41, 5.74) is 4.00. The molecule has 0 spiro atoms. The van der Waals surface area contributed by atoms with Crippen molar-refractivity contribution in [3.8, 4) is 0 Å². The number of carbonyl (C=O) groups excluding carboxylic acids is 1. The van der Waals surface area contributed by atoms with Crippen LogP contribution in [-0.4, -0.2) is 23.0 Å². The maximum atomic E-state index is 12.8. The fourth-order valence-corrected chi connectivity index (χ4v) is 3.84. The summed E-state index contributed by atoms with van der Waals surface area (Å²) >= 11 is 5.52. The van der Waals surface area contributed by atoms with E-state index < -0.39 is 0 Å². The van der Waals surface area contributed by atoms with Crippen LogP contribution < -0.4 is 4.90 Å². The van der Waals surface area contributed by atoms with Crippen LogP contribution in [0.25, 0.3) is 28.0 Å². The van der Waals surface area contributed by atoms with Crippen LogP contribution in [0.1, 0.15) is 5.56 Å². The highest BCUT2D eigenvalue weighted by Gasteiger charge is 2.36. The van der Waals surface area contributed by atoms with Gasteiger partial charge in [-0.05, 0) is 54.2 Å². The molecule has 5 rings (SSSR count). The molecule has 3 aromatic carbocycles. The lowest BCUT2D eigenvalue weighted by Crippen LogP contribution is -2.29. The fourth-order valence-electron chi connectivity index (χ4n) is 3.55. The highest BCUT2D eigenvalue weighted by atomic mass is 32.1. The number of furan rings is 1. The molecule has 0 unspecified atom stereocenters. The summed E-state index contributed by atoms with van der Waals surface area (Å²) in [4.78, 5) is 16.2. The molecule has 0 aliphatic carbocycles. The van der Waals surface area contributed by atoms with Gasteiger partial charge in [-0.3, -0.25) is 14.6 Å². The van der Waals surface area contributed by atoms with Gasteiger partial charge in [-0.25, -0.2) is 0 Å². The molecule has 0 saturated carbocycles. The van der Waals surface area contributed by atoms with E-state index in [0.717, 1.165) is 33.2 Å². The van der Waals surface area contributed by atoms with Crippen LogP contribution in [0.2, 0.25) is 0 Å². The predicted octanol–water partition coefficient (Wildman–Crippen LogP) is 5.19. The predicted molar refractivity (Wildman–Crippen MR) is 116 cm³/mol. The molecule has 1 amide bonds. The molecule has 1 saturated heterocycles. The van der Waals surface area contributed by atoms with E-state index in [-0.39, 0.29) is 5.91 Å². The largest absolute Gasteiger partial charge is 0.456 e. The first-order valence-corrected chi connectivity index (χ1v) is 9.34. The van der Waals surface area contributed by atoms with Gasteiger partial charge < -0.3 is 4.42 Å². The SMILES string of the molecule is CN1C(=O)/C(=C\c2ccc3oc4ccccc4c3c2)N(c2ccccc2)C1=S. The van der Waals surface area contributed by atoms with Crippen molar-refractivity contribution >= 4 is 56.9 Å². The Hall–Kier alpha value is -3.44. The van der Waals surface area contributed by atoms with Crippen LogP contribution >= 0.6 is 12.2 Å². The number of anilines is 1. The van der Waals surface area contributed by atoms with Gasteiger partial charge in [0.2, 0.25) is 0 Å². The Kier molecular flexibility index (Phi) is 3.77. The van der Waals surface area contributed by atoms with E-state index in [4.69, 9.17) is 16.6 Å². The Morgan fingerprint density at radius 2 is 1.61 bits per heavy atom. The Balaban J connectivity index is 1.66. The molecule has 0 atom stereocenters. The summed E-state index contributed by atoms with van der Waals surface area (Å²) in [7, 11) is 1.70. The minimum absolute atomic E-state index is 0.119. The van der Waals surface area contributed by atoms with Crippen LogP contribution in [0.15, 0.2) is 82.9 Å². The smallest absolute Gasteiger partial charge is 0.276 e. The van der Waals surface area contributed by atoms with Crippen molar-refractivity contribution in [1.29, 1.82) is 0 Å². The van der Waals surface area contributed by atoms with Crippen molar-refractivity contribution < 1.29 is 9.21 Å². The number of rotatable bonds is 2. The third kappa shape index (κ3) is 2.52. The van der Waals surface area contributed by atoms with Crippen LogP contribution in [0.3, 0.4) is 0 Å². The van der Waals surface area contributed by atoms with E-state index in [9.17, 15) is 4.79 Å². The molecule has 1 aromatic heterocycles. The van der Waals surface area contributed by atoms with Crippen molar-refractivity contribution in [2.75, 3.05) is 11.9 Å². The first-order valence-electron chi connectivity index (χ1n) is 8.94. The molecule has 0 radical (unpaired) electrons. The lowest BCUT2D eigenvalue weighted by atomic mass is 10.1. The number of benzene rings is 3. The third-order valence-corrected chi connectivity index (χ3v) is 5.42. The molecule has 0 bridgehead atoms. The van der Waals surface area contributed by atoms with E-state index in [1.165, 1.54) is 4.90 Å². The van der Waals surface area contributed by atoms with Crippen LogP contribution in [0.5, 0.6) is 0 Å². The van der Waals surface area contributed by atoms with E-state index >= 15 is 0 Å². The minimum atomic E-state index is -0.119. The van der Waals surface area contributed by atoms with Crippen molar-refractivity contribution in [2.24, 2.45) is 0 Å². The number of hydrogen-bond acceptors (Lipinski definition) is 3. The molecule has 1 aliphatic heterocycles. The molecule has 136 valence electrons. The molecule has 28 heavy (non-hydrogen) atoms. The quantitative estimate of drug-likeness (QED) is 0.352. The average molecular weight is 384 g/mol. The van der Waals surface area contributed by atoms with E-state index in [1.54, 1.807) is 7.05 Å². The molecule has 2 heterocycles. The zero-order valence-corrected chi connectivity index (χ0v) is 15.9. The van der Waals surface area contributed by atoms with Crippen molar-refractivity contribution in [1.82, 2.24) is 4.90 Å². The Morgan fingerprint density at radius 3 is 2.43 bits per heavy atom. The van der Waals surface area contributed by atoms with Gasteiger partial charge in [0.15, 0.2) is 5.11 Å². The molecular formula is C23H16N2O2S. The Bertz CT molecular complexity index is 1270. The summed E-state index contributed by atoms with van der Waals surface area (Å²) in [6.07, 6.45) is 1.88. The van der Waals surface area contributed by atoms with Gasteiger partial charge in [-0.15, -0.1) is 0 Å². The fraction of sp³-hybridized carbons (Fsp3) is 0.0435. The van der Waals surface area contributed by atoms with E-state index in [0.29, 0.717) is 10.8 Å². The summed E-state index contributed by atoms with van der Waals surface area (Å²) in [5, 5.41) is 2.55. The highest BCUT2D eigenvalue weighted by molar-refractivity contribution is 7.80. The van der Waals surface area contributed by atoms with Gasteiger partial charge in [0.05, 0.1) is 0 Å². The second kappa shape index (κ2) is 6.32. The van der Waals surface area contributed by atoms with Crippen molar-refractivity contribution in [2.45, 2.75) is 0 Å². The number of fused-ring (bicyclic) bond motifs is 3. The lowest BCUT2D eigenvalue weighted by Gasteiger charge is -2.18. The van der Waals surface area contributed by atoms with Gasteiger partial charge in [-0.2, -0.15) is 0 Å². The monoisotopic (exact) mass is 384 g/mol. The lowest BCUT2D eigenvalue weighted by molar-refractivity contribution is -0.121. The number of carbonyl (C=O) groups is 1. The summed E-state index contributed by atoms with van der Waals surface area (Å²) < 4.78 is 5.90. The normalized spacial score (nSPS) is 16.1.